The van der Waals surface area contributed by atoms with Gasteiger partial charge in [0.25, 0.3) is 0 Å². The van der Waals surface area contributed by atoms with Crippen LogP contribution in [0.15, 0.2) is 22.7 Å². The van der Waals surface area contributed by atoms with Gasteiger partial charge in [0.1, 0.15) is 5.75 Å². The molecule has 19 heavy (non-hydrogen) atoms. The van der Waals surface area contributed by atoms with E-state index in [0.29, 0.717) is 31.7 Å². The monoisotopic (exact) mass is 328 g/mol. The Morgan fingerprint density at radius 3 is 2.79 bits per heavy atom. The molecule has 1 aromatic rings. The number of carbonyl (C=O) groups is 1. The zero-order chi connectivity index (χ0) is 13.9. The van der Waals surface area contributed by atoms with Crippen molar-refractivity contribution in [1.82, 2.24) is 0 Å². The van der Waals surface area contributed by atoms with Crippen LogP contribution in [0.2, 0.25) is 0 Å². The van der Waals surface area contributed by atoms with Crippen molar-refractivity contribution in [2.45, 2.75) is 12.8 Å². The molecular formula is C13H17BrN2O3. The molecule has 6 heteroatoms. The van der Waals surface area contributed by atoms with Crippen molar-refractivity contribution in [3.05, 3.63) is 22.7 Å². The number of nitrogens with one attached hydrogen (secondary N) is 1. The minimum atomic E-state index is -0.604. The quantitative estimate of drug-likeness (QED) is 0.739. The maximum Gasteiger partial charge on any atom is 0.232 e. The maximum absolute atomic E-state index is 12.4. The molecule has 0 saturated carbocycles. The molecule has 104 valence electrons. The van der Waals surface area contributed by atoms with Gasteiger partial charge in [-0.3, -0.25) is 4.79 Å². The van der Waals surface area contributed by atoms with Crippen LogP contribution >= 0.6 is 15.9 Å². The smallest absolute Gasteiger partial charge is 0.232 e. The highest BCUT2D eigenvalue weighted by atomic mass is 79.9. The summed E-state index contributed by atoms with van der Waals surface area (Å²) in [7, 11) is 0. The molecule has 0 aromatic heterocycles. The van der Waals surface area contributed by atoms with Crippen LogP contribution in [0.4, 0.5) is 5.69 Å². The number of anilines is 1. The first-order chi connectivity index (χ1) is 9.07. The minimum absolute atomic E-state index is 0.0378. The van der Waals surface area contributed by atoms with Gasteiger partial charge in [0.05, 0.1) is 11.1 Å². The lowest BCUT2D eigenvalue weighted by molar-refractivity contribution is -0.130. The second-order valence-electron chi connectivity index (χ2n) is 4.71. The number of phenolic OH excluding ortho intramolecular Hbond substituents is 1. The molecule has 0 bridgehead atoms. The van der Waals surface area contributed by atoms with Gasteiger partial charge in [-0.2, -0.15) is 0 Å². The molecule has 1 aromatic carbocycles. The van der Waals surface area contributed by atoms with Crippen LogP contribution in [0.5, 0.6) is 5.75 Å². The van der Waals surface area contributed by atoms with Crippen LogP contribution in [-0.2, 0) is 9.53 Å². The molecule has 1 fully saturated rings. The van der Waals surface area contributed by atoms with E-state index in [-0.39, 0.29) is 18.2 Å². The van der Waals surface area contributed by atoms with E-state index >= 15 is 0 Å². The lowest BCUT2D eigenvalue weighted by Gasteiger charge is -2.34. The Kier molecular flexibility index (Phi) is 4.44. The molecular weight excluding hydrogens is 312 g/mol. The number of benzene rings is 1. The van der Waals surface area contributed by atoms with E-state index in [0.717, 1.165) is 4.47 Å². The number of aromatic hydroxyl groups is 1. The average Bonchev–Trinajstić information content (AvgIpc) is 2.43. The van der Waals surface area contributed by atoms with Crippen LogP contribution < -0.4 is 11.1 Å². The summed E-state index contributed by atoms with van der Waals surface area (Å²) in [6, 6.07) is 4.90. The third-order valence-electron chi connectivity index (χ3n) is 3.53. The molecule has 4 N–H and O–H groups in total. The summed E-state index contributed by atoms with van der Waals surface area (Å²) in [5.41, 5.74) is 5.56. The Morgan fingerprint density at radius 1 is 1.47 bits per heavy atom. The summed E-state index contributed by atoms with van der Waals surface area (Å²) in [5, 5.41) is 12.5. The molecule has 5 nitrogen and oxygen atoms in total. The number of hydrogen-bond donors (Lipinski definition) is 3. The second kappa shape index (κ2) is 5.90. The molecule has 1 heterocycles. The fraction of sp³-hybridized carbons (Fsp3) is 0.462. The predicted octanol–water partition coefficient (Wildman–Crippen LogP) is 1.85. The van der Waals surface area contributed by atoms with Gasteiger partial charge in [-0.15, -0.1) is 0 Å². The van der Waals surface area contributed by atoms with E-state index in [2.05, 4.69) is 21.2 Å². The predicted molar refractivity (Wildman–Crippen MR) is 76.0 cm³/mol. The highest BCUT2D eigenvalue weighted by Crippen LogP contribution is 2.33. The Balaban J connectivity index is 2.17. The molecule has 1 aliphatic rings. The fourth-order valence-electron chi connectivity index (χ4n) is 2.15. The van der Waals surface area contributed by atoms with Gasteiger partial charge < -0.3 is 20.9 Å². The zero-order valence-electron chi connectivity index (χ0n) is 10.5. The molecule has 1 aliphatic heterocycles. The van der Waals surface area contributed by atoms with Crippen LogP contribution in [-0.4, -0.2) is 30.8 Å². The van der Waals surface area contributed by atoms with Gasteiger partial charge >= 0.3 is 0 Å². The van der Waals surface area contributed by atoms with E-state index in [9.17, 15) is 9.90 Å². The highest BCUT2D eigenvalue weighted by Gasteiger charge is 2.39. The van der Waals surface area contributed by atoms with Gasteiger partial charge in [-0.05, 0) is 31.0 Å². The van der Waals surface area contributed by atoms with Gasteiger partial charge in [0.2, 0.25) is 5.91 Å². The number of halogens is 1. The molecule has 1 amide bonds. The largest absolute Gasteiger partial charge is 0.506 e. The standard InChI is InChI=1S/C13H17BrN2O3/c14-9-1-2-11(17)10(7-9)16-12(18)13(8-15)3-5-19-6-4-13/h1-2,7,17H,3-6,8,15H2,(H,16,18). The molecule has 0 aliphatic carbocycles. The highest BCUT2D eigenvalue weighted by molar-refractivity contribution is 9.10. The normalized spacial score (nSPS) is 18.0. The number of phenols is 1. The van der Waals surface area contributed by atoms with Gasteiger partial charge in [0.15, 0.2) is 0 Å². The Bertz CT molecular complexity index is 473. The van der Waals surface area contributed by atoms with E-state index in [1.54, 1.807) is 12.1 Å². The van der Waals surface area contributed by atoms with Crippen LogP contribution in [0.25, 0.3) is 0 Å². The molecule has 0 radical (unpaired) electrons. The summed E-state index contributed by atoms with van der Waals surface area (Å²) in [4.78, 5) is 12.4. The van der Waals surface area contributed by atoms with Gasteiger partial charge in [-0.1, -0.05) is 15.9 Å². The molecule has 2 rings (SSSR count). The summed E-state index contributed by atoms with van der Waals surface area (Å²) in [6.07, 6.45) is 1.20. The Labute approximate surface area is 120 Å². The number of carbonyl (C=O) groups excluding carboxylic acids is 1. The minimum Gasteiger partial charge on any atom is -0.506 e. The van der Waals surface area contributed by atoms with Crippen molar-refractivity contribution in [1.29, 1.82) is 0 Å². The summed E-state index contributed by atoms with van der Waals surface area (Å²) in [6.45, 7) is 1.35. The van der Waals surface area contributed by atoms with E-state index in [1.807, 2.05) is 0 Å². The average molecular weight is 329 g/mol. The summed E-state index contributed by atoms with van der Waals surface area (Å²) >= 11 is 3.31. The Morgan fingerprint density at radius 2 is 2.16 bits per heavy atom. The SMILES string of the molecule is NCC1(C(=O)Nc2cc(Br)ccc2O)CCOCC1. The summed E-state index contributed by atoms with van der Waals surface area (Å²) < 4.78 is 6.06. The number of nitrogens with two attached hydrogens (primary N) is 1. The van der Waals surface area contributed by atoms with Crippen molar-refractivity contribution in [2.24, 2.45) is 11.1 Å². The lowest BCUT2D eigenvalue weighted by atomic mass is 9.79. The van der Waals surface area contributed by atoms with Crippen molar-refractivity contribution >= 4 is 27.5 Å². The number of amides is 1. The molecule has 0 spiro atoms. The second-order valence-corrected chi connectivity index (χ2v) is 5.63. The van der Waals surface area contributed by atoms with Crippen molar-refractivity contribution < 1.29 is 14.6 Å². The number of ether oxygens (including phenoxy) is 1. The summed E-state index contributed by atoms with van der Waals surface area (Å²) in [5.74, 6) is -0.123. The molecule has 0 atom stereocenters. The van der Waals surface area contributed by atoms with E-state index in [1.165, 1.54) is 6.07 Å². The van der Waals surface area contributed by atoms with Crippen molar-refractivity contribution in [3.63, 3.8) is 0 Å². The maximum atomic E-state index is 12.4. The van der Waals surface area contributed by atoms with Crippen molar-refractivity contribution in [2.75, 3.05) is 25.1 Å². The van der Waals surface area contributed by atoms with Gasteiger partial charge in [-0.25, -0.2) is 0 Å². The molecule has 0 unspecified atom stereocenters. The van der Waals surface area contributed by atoms with Crippen molar-refractivity contribution in [3.8, 4) is 5.75 Å². The van der Waals surface area contributed by atoms with Crippen LogP contribution in [0.3, 0.4) is 0 Å². The number of rotatable bonds is 3. The third-order valence-corrected chi connectivity index (χ3v) is 4.02. The fourth-order valence-corrected chi connectivity index (χ4v) is 2.51. The first kappa shape index (κ1) is 14.3. The van der Waals surface area contributed by atoms with Crippen LogP contribution in [0.1, 0.15) is 12.8 Å². The lowest BCUT2D eigenvalue weighted by Crippen LogP contribution is -2.46. The van der Waals surface area contributed by atoms with Crippen LogP contribution in [0, 0.1) is 5.41 Å². The van der Waals surface area contributed by atoms with E-state index in [4.69, 9.17) is 10.5 Å². The van der Waals surface area contributed by atoms with E-state index < -0.39 is 5.41 Å². The zero-order valence-corrected chi connectivity index (χ0v) is 12.1. The first-order valence-electron chi connectivity index (χ1n) is 6.15. The Hall–Kier alpha value is -1.11. The van der Waals surface area contributed by atoms with Gasteiger partial charge in [0, 0.05) is 24.2 Å². The third kappa shape index (κ3) is 3.08. The molecule has 1 saturated heterocycles. The number of hydrogen-bond acceptors (Lipinski definition) is 4. The first-order valence-corrected chi connectivity index (χ1v) is 6.94. The topological polar surface area (TPSA) is 84.6 Å².